The van der Waals surface area contributed by atoms with Crippen LogP contribution < -0.4 is 16.6 Å². The summed E-state index contributed by atoms with van der Waals surface area (Å²) in [7, 11) is 0. The Kier molecular flexibility index (Phi) is 7.98. The van der Waals surface area contributed by atoms with Gasteiger partial charge < -0.3 is 15.0 Å². The predicted molar refractivity (Wildman–Crippen MR) is 138 cm³/mol. The number of thioether (sulfide) groups is 1. The Hall–Kier alpha value is -4.45. The van der Waals surface area contributed by atoms with E-state index >= 15 is 0 Å². The monoisotopic (exact) mass is 520 g/mol. The van der Waals surface area contributed by atoms with Gasteiger partial charge in [-0.05, 0) is 43.7 Å². The van der Waals surface area contributed by atoms with E-state index in [1.54, 1.807) is 35.8 Å². The lowest BCUT2D eigenvalue weighted by molar-refractivity contribution is -0.113. The molecule has 3 N–H and O–H groups in total. The van der Waals surface area contributed by atoms with Crippen molar-refractivity contribution in [1.82, 2.24) is 24.7 Å². The minimum atomic E-state index is -0.613. The molecule has 0 saturated carbocycles. The Labute approximate surface area is 215 Å². The van der Waals surface area contributed by atoms with E-state index in [2.05, 4.69) is 25.5 Å². The number of ether oxygens (including phenoxy) is 1. The van der Waals surface area contributed by atoms with Crippen LogP contribution in [0.5, 0.6) is 0 Å². The molecule has 0 aliphatic carbocycles. The third-order valence-electron chi connectivity index (χ3n) is 5.15. The molecular weight excluding hydrogens is 496 g/mol. The summed E-state index contributed by atoms with van der Waals surface area (Å²) < 4.78 is 6.83. The minimum absolute atomic E-state index is 0.0110. The van der Waals surface area contributed by atoms with E-state index in [1.807, 2.05) is 31.2 Å². The number of aromatic amines is 2. The minimum Gasteiger partial charge on any atom is -0.462 e. The number of anilines is 1. The molecule has 190 valence electrons. The standard InChI is InChI=1S/C25H24N6O5S/c1-3-36-23(34)18-9-4-5-10-19(18)27-22(33)14-37-25-30-29-20(12-16-13-21(32)28-24(35)26-16)31(25)17-8-6-7-15(2)11-17/h4-11,13H,3,12,14H2,1-2H3,(H,27,33)(H2,26,28,32,35). The Morgan fingerprint density at radius 1 is 1.05 bits per heavy atom. The molecule has 2 heterocycles. The van der Waals surface area contributed by atoms with E-state index in [0.717, 1.165) is 23.0 Å². The molecule has 0 unspecified atom stereocenters. The second kappa shape index (κ2) is 11.5. The molecule has 2 aromatic carbocycles. The van der Waals surface area contributed by atoms with Crippen molar-refractivity contribution in [2.24, 2.45) is 0 Å². The Morgan fingerprint density at radius 3 is 2.62 bits per heavy atom. The van der Waals surface area contributed by atoms with Crippen LogP contribution in [0.4, 0.5) is 5.69 Å². The van der Waals surface area contributed by atoms with Crippen LogP contribution in [0.15, 0.2) is 69.3 Å². The van der Waals surface area contributed by atoms with Crippen molar-refractivity contribution in [2.45, 2.75) is 25.4 Å². The summed E-state index contributed by atoms with van der Waals surface area (Å²) in [5.74, 6) is -0.403. The summed E-state index contributed by atoms with van der Waals surface area (Å²) in [6, 6.07) is 15.6. The van der Waals surface area contributed by atoms with Gasteiger partial charge in [-0.1, -0.05) is 36.0 Å². The van der Waals surface area contributed by atoms with Crippen molar-refractivity contribution in [2.75, 3.05) is 17.7 Å². The molecule has 11 nitrogen and oxygen atoms in total. The molecule has 12 heteroatoms. The fourth-order valence-electron chi connectivity index (χ4n) is 3.61. The number of hydrogen-bond donors (Lipinski definition) is 3. The molecule has 4 aromatic rings. The number of amides is 1. The number of carbonyl (C=O) groups excluding carboxylic acids is 2. The van der Waals surface area contributed by atoms with Gasteiger partial charge in [0.05, 0.1) is 23.6 Å². The molecule has 0 fully saturated rings. The third kappa shape index (κ3) is 6.41. The van der Waals surface area contributed by atoms with E-state index < -0.39 is 17.2 Å². The van der Waals surface area contributed by atoms with Gasteiger partial charge in [0.1, 0.15) is 5.82 Å². The lowest BCUT2D eigenvalue weighted by Gasteiger charge is -2.12. The first kappa shape index (κ1) is 25.6. The normalized spacial score (nSPS) is 10.8. The molecule has 0 atom stereocenters. The molecule has 1 amide bonds. The van der Waals surface area contributed by atoms with Gasteiger partial charge in [-0.15, -0.1) is 10.2 Å². The van der Waals surface area contributed by atoms with E-state index in [0.29, 0.717) is 22.4 Å². The molecule has 0 bridgehead atoms. The summed E-state index contributed by atoms with van der Waals surface area (Å²) in [4.78, 5) is 53.2. The molecule has 0 radical (unpaired) electrons. The quantitative estimate of drug-likeness (QED) is 0.225. The summed E-state index contributed by atoms with van der Waals surface area (Å²) >= 11 is 1.16. The van der Waals surface area contributed by atoms with Crippen LogP contribution in [-0.2, 0) is 16.0 Å². The van der Waals surface area contributed by atoms with Gasteiger partial charge in [0.25, 0.3) is 5.56 Å². The molecule has 37 heavy (non-hydrogen) atoms. The van der Waals surface area contributed by atoms with Crippen molar-refractivity contribution in [3.8, 4) is 5.69 Å². The molecule has 2 aromatic heterocycles. The highest BCUT2D eigenvalue weighted by Gasteiger charge is 2.19. The topological polar surface area (TPSA) is 152 Å². The van der Waals surface area contributed by atoms with Crippen LogP contribution in [0.2, 0.25) is 0 Å². The molecule has 4 rings (SSSR count). The number of aromatic nitrogens is 5. The number of nitrogens with zero attached hydrogens (tertiary/aromatic N) is 3. The highest BCUT2D eigenvalue weighted by molar-refractivity contribution is 7.99. The van der Waals surface area contributed by atoms with Gasteiger partial charge in [-0.3, -0.25) is 19.1 Å². The third-order valence-corrected chi connectivity index (χ3v) is 6.08. The van der Waals surface area contributed by atoms with Gasteiger partial charge in [-0.2, -0.15) is 0 Å². The first-order chi connectivity index (χ1) is 17.8. The zero-order valence-corrected chi connectivity index (χ0v) is 20.9. The van der Waals surface area contributed by atoms with E-state index in [4.69, 9.17) is 4.74 Å². The van der Waals surface area contributed by atoms with Crippen molar-refractivity contribution in [3.63, 3.8) is 0 Å². The van der Waals surface area contributed by atoms with Gasteiger partial charge in [-0.25, -0.2) is 9.59 Å². The summed E-state index contributed by atoms with van der Waals surface area (Å²) in [6.07, 6.45) is 0.139. The number of H-pyrrole nitrogens is 2. The number of hydrogen-bond acceptors (Lipinski definition) is 8. The van der Waals surface area contributed by atoms with Gasteiger partial charge in [0, 0.05) is 23.9 Å². The van der Waals surface area contributed by atoms with Crippen LogP contribution in [0, 0.1) is 6.92 Å². The molecule has 0 saturated heterocycles. The number of para-hydroxylation sites is 1. The Balaban J connectivity index is 1.57. The largest absolute Gasteiger partial charge is 0.462 e. The van der Waals surface area contributed by atoms with E-state index in [1.165, 1.54) is 6.07 Å². The van der Waals surface area contributed by atoms with Crippen LogP contribution in [0.3, 0.4) is 0 Å². The summed E-state index contributed by atoms with van der Waals surface area (Å²) in [5, 5.41) is 11.7. The predicted octanol–water partition coefficient (Wildman–Crippen LogP) is 2.45. The van der Waals surface area contributed by atoms with Crippen LogP contribution in [-0.4, -0.2) is 49.0 Å². The highest BCUT2D eigenvalue weighted by Crippen LogP contribution is 2.24. The van der Waals surface area contributed by atoms with E-state index in [9.17, 15) is 19.2 Å². The van der Waals surface area contributed by atoms with Gasteiger partial charge in [0.2, 0.25) is 5.91 Å². The second-order valence-electron chi connectivity index (χ2n) is 7.97. The van der Waals surface area contributed by atoms with Crippen LogP contribution >= 0.6 is 11.8 Å². The zero-order chi connectivity index (χ0) is 26.4. The Morgan fingerprint density at radius 2 is 1.86 bits per heavy atom. The van der Waals surface area contributed by atoms with Crippen molar-refractivity contribution in [3.05, 3.63) is 98.1 Å². The molecule has 0 aliphatic rings. The number of benzene rings is 2. The van der Waals surface area contributed by atoms with Crippen molar-refractivity contribution in [1.29, 1.82) is 0 Å². The number of rotatable bonds is 9. The summed E-state index contributed by atoms with van der Waals surface area (Å²) in [6.45, 7) is 3.88. The first-order valence-corrected chi connectivity index (χ1v) is 12.3. The molecule has 0 spiro atoms. The smallest absolute Gasteiger partial charge is 0.340 e. The zero-order valence-electron chi connectivity index (χ0n) is 20.1. The molecular formula is C25H24N6O5S. The lowest BCUT2D eigenvalue weighted by Crippen LogP contribution is -2.23. The van der Waals surface area contributed by atoms with E-state index in [-0.39, 0.29) is 30.3 Å². The molecule has 0 aliphatic heterocycles. The highest BCUT2D eigenvalue weighted by atomic mass is 32.2. The van der Waals surface area contributed by atoms with Gasteiger partial charge in [0.15, 0.2) is 5.16 Å². The Bertz CT molecular complexity index is 1530. The van der Waals surface area contributed by atoms with Crippen LogP contribution in [0.1, 0.15) is 34.4 Å². The summed E-state index contributed by atoms with van der Waals surface area (Å²) in [5.41, 5.74) is 1.63. The fourth-order valence-corrected chi connectivity index (χ4v) is 4.39. The second-order valence-corrected chi connectivity index (χ2v) is 8.91. The fraction of sp³-hybridized carbons (Fsp3) is 0.200. The maximum Gasteiger partial charge on any atom is 0.340 e. The average Bonchev–Trinajstić information content (AvgIpc) is 3.25. The van der Waals surface area contributed by atoms with Crippen molar-refractivity contribution >= 4 is 29.3 Å². The average molecular weight is 521 g/mol. The SMILES string of the molecule is CCOC(=O)c1ccccc1NC(=O)CSc1nnc(Cc2cc(=O)[nH]c(=O)[nH]2)n1-c1cccc(C)c1. The van der Waals surface area contributed by atoms with Crippen LogP contribution in [0.25, 0.3) is 5.69 Å². The first-order valence-electron chi connectivity index (χ1n) is 11.4. The van der Waals surface area contributed by atoms with Gasteiger partial charge >= 0.3 is 11.7 Å². The maximum absolute atomic E-state index is 12.8. The maximum atomic E-state index is 12.8. The van der Waals surface area contributed by atoms with Crippen molar-refractivity contribution < 1.29 is 14.3 Å². The number of aryl methyl sites for hydroxylation is 1. The number of nitrogens with one attached hydrogen (secondary N) is 3. The number of esters is 1. The number of carbonyl (C=O) groups is 2. The lowest BCUT2D eigenvalue weighted by atomic mass is 10.2.